The third kappa shape index (κ3) is 4.58. The van der Waals surface area contributed by atoms with Gasteiger partial charge in [-0.05, 0) is 47.7 Å². The van der Waals surface area contributed by atoms with E-state index in [0.717, 1.165) is 11.6 Å². The van der Waals surface area contributed by atoms with Crippen LogP contribution in [0.1, 0.15) is 30.5 Å². The third-order valence-corrected chi connectivity index (χ3v) is 5.46. The molecule has 1 saturated heterocycles. The SMILES string of the molecule is CC(C)Cc1ccc(-c2nc3ccc(CN4CC(C(=O)O)C4)cc3o2)cc1C(F)(F)F. The van der Waals surface area contributed by atoms with Crippen LogP contribution in [0.2, 0.25) is 0 Å². The summed E-state index contributed by atoms with van der Waals surface area (Å²) in [7, 11) is 0. The molecule has 1 aliphatic rings. The summed E-state index contributed by atoms with van der Waals surface area (Å²) in [5.41, 5.74) is 1.87. The van der Waals surface area contributed by atoms with Gasteiger partial charge in [0.25, 0.3) is 0 Å². The second-order valence-corrected chi connectivity index (χ2v) is 8.52. The molecule has 8 heteroatoms. The van der Waals surface area contributed by atoms with Gasteiger partial charge in [-0.15, -0.1) is 0 Å². The number of nitrogens with zero attached hydrogens (tertiary/aromatic N) is 2. The molecular formula is C23H23F3N2O3. The van der Waals surface area contributed by atoms with E-state index in [0.29, 0.717) is 37.2 Å². The summed E-state index contributed by atoms with van der Waals surface area (Å²) in [4.78, 5) is 17.3. The number of hydrogen-bond donors (Lipinski definition) is 1. The summed E-state index contributed by atoms with van der Waals surface area (Å²) >= 11 is 0. The lowest BCUT2D eigenvalue weighted by molar-refractivity contribution is -0.147. The van der Waals surface area contributed by atoms with Crippen molar-refractivity contribution in [2.75, 3.05) is 13.1 Å². The van der Waals surface area contributed by atoms with Crippen molar-refractivity contribution in [1.29, 1.82) is 0 Å². The van der Waals surface area contributed by atoms with Crippen molar-refractivity contribution in [3.05, 3.63) is 53.1 Å². The first-order valence-electron chi connectivity index (χ1n) is 10.2. The zero-order valence-corrected chi connectivity index (χ0v) is 17.2. The van der Waals surface area contributed by atoms with Gasteiger partial charge in [-0.3, -0.25) is 9.69 Å². The van der Waals surface area contributed by atoms with E-state index in [1.165, 1.54) is 6.07 Å². The van der Waals surface area contributed by atoms with Crippen LogP contribution in [-0.4, -0.2) is 34.0 Å². The van der Waals surface area contributed by atoms with E-state index in [9.17, 15) is 18.0 Å². The number of likely N-dealkylation sites (tertiary alicyclic amines) is 1. The smallest absolute Gasteiger partial charge is 0.416 e. The van der Waals surface area contributed by atoms with Crippen LogP contribution in [0, 0.1) is 11.8 Å². The number of halogens is 3. The first-order valence-corrected chi connectivity index (χ1v) is 10.2. The van der Waals surface area contributed by atoms with Crippen molar-refractivity contribution in [3.8, 4) is 11.5 Å². The van der Waals surface area contributed by atoms with Crippen LogP contribution in [0.3, 0.4) is 0 Å². The Kier molecular flexibility index (Phi) is 5.51. The minimum Gasteiger partial charge on any atom is -0.481 e. The maximum absolute atomic E-state index is 13.6. The highest BCUT2D eigenvalue weighted by molar-refractivity contribution is 5.77. The Hall–Kier alpha value is -2.87. The predicted molar refractivity (Wildman–Crippen MR) is 109 cm³/mol. The zero-order chi connectivity index (χ0) is 22.3. The molecule has 0 saturated carbocycles. The highest BCUT2D eigenvalue weighted by atomic mass is 19.4. The van der Waals surface area contributed by atoms with E-state index >= 15 is 0 Å². The van der Waals surface area contributed by atoms with Gasteiger partial charge in [0, 0.05) is 25.2 Å². The fourth-order valence-corrected chi connectivity index (χ4v) is 3.90. The molecule has 164 valence electrons. The first-order chi connectivity index (χ1) is 14.6. The monoisotopic (exact) mass is 432 g/mol. The van der Waals surface area contributed by atoms with Crippen LogP contribution >= 0.6 is 0 Å². The molecule has 0 amide bonds. The number of benzene rings is 2. The number of hydrogen-bond acceptors (Lipinski definition) is 4. The number of aliphatic carboxylic acids is 1. The molecule has 1 aliphatic heterocycles. The molecule has 1 fully saturated rings. The molecule has 31 heavy (non-hydrogen) atoms. The third-order valence-electron chi connectivity index (χ3n) is 5.46. The number of rotatable bonds is 6. The summed E-state index contributed by atoms with van der Waals surface area (Å²) in [6.45, 7) is 5.34. The summed E-state index contributed by atoms with van der Waals surface area (Å²) < 4.78 is 46.6. The number of oxazole rings is 1. The predicted octanol–water partition coefficient (Wildman–Crippen LogP) is 5.23. The summed E-state index contributed by atoms with van der Waals surface area (Å²) in [5, 5.41) is 8.98. The Morgan fingerprint density at radius 1 is 1.23 bits per heavy atom. The number of carboxylic acid groups (broad SMARTS) is 1. The molecule has 0 aliphatic carbocycles. The van der Waals surface area contributed by atoms with Crippen LogP contribution in [0.4, 0.5) is 13.2 Å². The maximum Gasteiger partial charge on any atom is 0.416 e. The Morgan fingerprint density at radius 2 is 1.97 bits per heavy atom. The molecule has 2 aromatic carbocycles. The Labute approximate surface area is 177 Å². The highest BCUT2D eigenvalue weighted by Crippen LogP contribution is 2.36. The molecule has 0 radical (unpaired) electrons. The standard InChI is InChI=1S/C23H23F3N2O3/c1-13(2)7-15-4-5-16(9-18(15)23(24,25)26)21-27-19-6-3-14(8-20(19)31-21)10-28-11-17(12-28)22(29)30/h3-6,8-9,13,17H,7,10-12H2,1-2H3,(H,29,30). The van der Waals surface area contributed by atoms with Crippen LogP contribution in [-0.2, 0) is 23.9 Å². The fraction of sp³-hybridized carbons (Fsp3) is 0.391. The molecule has 3 aromatic rings. The van der Waals surface area contributed by atoms with Crippen LogP contribution in [0.25, 0.3) is 22.6 Å². The molecule has 5 nitrogen and oxygen atoms in total. The van der Waals surface area contributed by atoms with E-state index in [1.807, 2.05) is 24.8 Å². The summed E-state index contributed by atoms with van der Waals surface area (Å²) in [6.07, 6.45) is -4.12. The molecule has 4 rings (SSSR count). The number of carbonyl (C=O) groups is 1. The topological polar surface area (TPSA) is 66.6 Å². The van der Waals surface area contributed by atoms with E-state index in [2.05, 4.69) is 4.98 Å². The second kappa shape index (κ2) is 8.00. The molecule has 2 heterocycles. The van der Waals surface area contributed by atoms with Crippen LogP contribution in [0.15, 0.2) is 40.8 Å². The average molecular weight is 432 g/mol. The van der Waals surface area contributed by atoms with Crippen molar-refractivity contribution in [2.45, 2.75) is 33.0 Å². The number of carboxylic acids is 1. The lowest BCUT2D eigenvalue weighted by Crippen LogP contribution is -2.49. The summed E-state index contributed by atoms with van der Waals surface area (Å²) in [5.74, 6) is -0.873. The first kappa shape index (κ1) is 21.4. The van der Waals surface area contributed by atoms with E-state index in [1.54, 1.807) is 18.2 Å². The van der Waals surface area contributed by atoms with E-state index < -0.39 is 17.7 Å². The largest absolute Gasteiger partial charge is 0.481 e. The van der Waals surface area contributed by atoms with Gasteiger partial charge in [-0.1, -0.05) is 26.0 Å². The van der Waals surface area contributed by atoms with Crippen LogP contribution < -0.4 is 0 Å². The van der Waals surface area contributed by atoms with Gasteiger partial charge in [-0.25, -0.2) is 4.98 Å². The van der Waals surface area contributed by atoms with E-state index in [4.69, 9.17) is 9.52 Å². The highest BCUT2D eigenvalue weighted by Gasteiger charge is 2.34. The molecule has 1 N–H and O–H groups in total. The molecule has 1 aromatic heterocycles. The lowest BCUT2D eigenvalue weighted by atomic mass is 9.96. The quantitative estimate of drug-likeness (QED) is 0.578. The van der Waals surface area contributed by atoms with Gasteiger partial charge >= 0.3 is 12.1 Å². The number of alkyl halides is 3. The normalized spacial score (nSPS) is 15.5. The lowest BCUT2D eigenvalue weighted by Gasteiger charge is -2.36. The Balaban J connectivity index is 1.59. The van der Waals surface area contributed by atoms with Crippen LogP contribution in [0.5, 0.6) is 0 Å². The van der Waals surface area contributed by atoms with Crippen molar-refractivity contribution in [2.24, 2.45) is 11.8 Å². The van der Waals surface area contributed by atoms with Gasteiger partial charge < -0.3 is 9.52 Å². The van der Waals surface area contributed by atoms with Gasteiger partial charge in [-0.2, -0.15) is 13.2 Å². The fourth-order valence-electron chi connectivity index (χ4n) is 3.90. The summed E-state index contributed by atoms with van der Waals surface area (Å²) in [6, 6.07) is 9.67. The number of fused-ring (bicyclic) bond motifs is 1. The van der Waals surface area contributed by atoms with Gasteiger partial charge in [0.05, 0.1) is 11.5 Å². The van der Waals surface area contributed by atoms with Crippen molar-refractivity contribution in [3.63, 3.8) is 0 Å². The van der Waals surface area contributed by atoms with Crippen molar-refractivity contribution < 1.29 is 27.5 Å². The van der Waals surface area contributed by atoms with Gasteiger partial charge in [0.2, 0.25) is 5.89 Å². The Morgan fingerprint density at radius 3 is 2.61 bits per heavy atom. The minimum absolute atomic E-state index is 0.104. The molecule has 0 bridgehead atoms. The second-order valence-electron chi connectivity index (χ2n) is 8.52. The van der Waals surface area contributed by atoms with E-state index in [-0.39, 0.29) is 28.9 Å². The molecular weight excluding hydrogens is 409 g/mol. The minimum atomic E-state index is -4.45. The van der Waals surface area contributed by atoms with Gasteiger partial charge in [0.1, 0.15) is 5.52 Å². The molecule has 0 atom stereocenters. The van der Waals surface area contributed by atoms with Crippen molar-refractivity contribution >= 4 is 17.1 Å². The molecule has 0 unspecified atom stereocenters. The number of aromatic nitrogens is 1. The van der Waals surface area contributed by atoms with Crippen molar-refractivity contribution in [1.82, 2.24) is 9.88 Å². The average Bonchev–Trinajstić information content (AvgIpc) is 3.06. The maximum atomic E-state index is 13.6. The molecule has 0 spiro atoms. The van der Waals surface area contributed by atoms with Gasteiger partial charge in [0.15, 0.2) is 5.58 Å². The Bertz CT molecular complexity index is 1110. The zero-order valence-electron chi connectivity index (χ0n) is 17.2.